The highest BCUT2D eigenvalue weighted by atomic mass is 19.1. The van der Waals surface area contributed by atoms with Crippen LogP contribution in [-0.4, -0.2) is 18.5 Å². The van der Waals surface area contributed by atoms with Crippen LogP contribution in [0.4, 0.5) is 8.78 Å². The molecule has 2 nitrogen and oxygen atoms in total. The van der Waals surface area contributed by atoms with E-state index in [2.05, 4.69) is 0 Å². The van der Waals surface area contributed by atoms with Crippen molar-refractivity contribution in [3.05, 3.63) is 0 Å². The Balaban J connectivity index is 3.45. The van der Waals surface area contributed by atoms with Gasteiger partial charge in [-0.15, -0.1) is 0 Å². The van der Waals surface area contributed by atoms with Crippen LogP contribution in [0.15, 0.2) is 0 Å². The van der Waals surface area contributed by atoms with Gasteiger partial charge in [-0.2, -0.15) is 0 Å². The first kappa shape index (κ1) is 13.8. The third kappa shape index (κ3) is 8.38. The first-order valence-corrected chi connectivity index (χ1v) is 5.27. The van der Waals surface area contributed by atoms with E-state index in [0.29, 0.717) is 19.3 Å². The number of halogens is 2. The number of alkyl halides is 2. The first-order chi connectivity index (χ1) is 6.48. The summed E-state index contributed by atoms with van der Waals surface area (Å²) in [7, 11) is 0. The molecule has 2 atom stereocenters. The quantitative estimate of drug-likeness (QED) is 0.475. The van der Waals surface area contributed by atoms with Crippen LogP contribution in [0.3, 0.4) is 0 Å². The zero-order valence-corrected chi connectivity index (χ0v) is 8.94. The van der Waals surface area contributed by atoms with Crippen LogP contribution in [-0.2, 0) is 0 Å². The standard InChI is InChI=1S/C10H22F2N2/c1-9(13)8-10(12,14)6-4-2-3-5-7-11/h9H,2-8,13-14H2,1H3. The lowest BCUT2D eigenvalue weighted by Crippen LogP contribution is -2.39. The Bertz CT molecular complexity index is 138. The topological polar surface area (TPSA) is 52.0 Å². The molecule has 0 aliphatic heterocycles. The van der Waals surface area contributed by atoms with E-state index in [1.165, 1.54) is 0 Å². The maximum absolute atomic E-state index is 13.5. The SMILES string of the molecule is CC(N)CC(N)(F)CCCCCCF. The Kier molecular flexibility index (Phi) is 7.01. The molecule has 0 heterocycles. The molecular formula is C10H22F2N2. The molecule has 2 unspecified atom stereocenters. The van der Waals surface area contributed by atoms with E-state index >= 15 is 0 Å². The smallest absolute Gasteiger partial charge is 0.160 e. The van der Waals surface area contributed by atoms with Gasteiger partial charge in [0.05, 0.1) is 6.67 Å². The average Bonchev–Trinajstić information content (AvgIpc) is 2.01. The molecule has 0 radical (unpaired) electrons. The van der Waals surface area contributed by atoms with Crippen molar-refractivity contribution in [2.45, 2.75) is 57.3 Å². The second-order valence-electron chi connectivity index (χ2n) is 4.07. The largest absolute Gasteiger partial charge is 0.328 e. The number of rotatable bonds is 8. The molecule has 4 heteroatoms. The summed E-state index contributed by atoms with van der Waals surface area (Å²) < 4.78 is 25.2. The van der Waals surface area contributed by atoms with Gasteiger partial charge < -0.3 is 5.73 Å². The highest BCUT2D eigenvalue weighted by Crippen LogP contribution is 2.19. The number of hydrogen-bond donors (Lipinski definition) is 2. The predicted molar refractivity (Wildman–Crippen MR) is 55.4 cm³/mol. The Morgan fingerprint density at radius 1 is 1.21 bits per heavy atom. The normalized spacial score (nSPS) is 17.8. The van der Waals surface area contributed by atoms with Crippen LogP contribution in [0.5, 0.6) is 0 Å². The first-order valence-electron chi connectivity index (χ1n) is 5.27. The molecule has 0 amide bonds. The van der Waals surface area contributed by atoms with Crippen molar-refractivity contribution in [3.8, 4) is 0 Å². The average molecular weight is 208 g/mol. The lowest BCUT2D eigenvalue weighted by molar-refractivity contribution is 0.132. The Labute approximate surface area is 85.0 Å². The summed E-state index contributed by atoms with van der Waals surface area (Å²) in [5.41, 5.74) is 10.9. The van der Waals surface area contributed by atoms with Gasteiger partial charge in [0, 0.05) is 12.5 Å². The van der Waals surface area contributed by atoms with Crippen molar-refractivity contribution in [3.63, 3.8) is 0 Å². The van der Waals surface area contributed by atoms with Gasteiger partial charge in [-0.25, -0.2) is 4.39 Å². The van der Waals surface area contributed by atoms with Crippen molar-refractivity contribution in [1.29, 1.82) is 0 Å². The highest BCUT2D eigenvalue weighted by molar-refractivity contribution is 4.75. The van der Waals surface area contributed by atoms with Crippen molar-refractivity contribution >= 4 is 0 Å². The zero-order valence-electron chi connectivity index (χ0n) is 8.94. The summed E-state index contributed by atoms with van der Waals surface area (Å²) in [6.45, 7) is 1.45. The Morgan fingerprint density at radius 3 is 2.29 bits per heavy atom. The molecule has 86 valence electrons. The number of hydrogen-bond acceptors (Lipinski definition) is 2. The highest BCUT2D eigenvalue weighted by Gasteiger charge is 2.24. The minimum absolute atomic E-state index is 0.191. The fourth-order valence-electron chi connectivity index (χ4n) is 1.50. The van der Waals surface area contributed by atoms with Gasteiger partial charge >= 0.3 is 0 Å². The van der Waals surface area contributed by atoms with Gasteiger partial charge in [0.25, 0.3) is 0 Å². The minimum atomic E-state index is -1.65. The van der Waals surface area contributed by atoms with Crippen LogP contribution in [0.25, 0.3) is 0 Å². The summed E-state index contributed by atoms with van der Waals surface area (Å²) in [4.78, 5) is 0. The summed E-state index contributed by atoms with van der Waals surface area (Å²) in [5, 5.41) is 0. The van der Waals surface area contributed by atoms with Gasteiger partial charge in [0.1, 0.15) is 0 Å². The summed E-state index contributed by atoms with van der Waals surface area (Å²) in [5.74, 6) is -1.65. The summed E-state index contributed by atoms with van der Waals surface area (Å²) in [6.07, 6.45) is 3.43. The van der Waals surface area contributed by atoms with E-state index in [0.717, 1.165) is 12.8 Å². The monoisotopic (exact) mass is 208 g/mol. The van der Waals surface area contributed by atoms with Crippen LogP contribution in [0.1, 0.15) is 45.4 Å². The van der Waals surface area contributed by atoms with E-state index < -0.39 is 5.79 Å². The van der Waals surface area contributed by atoms with E-state index in [1.807, 2.05) is 0 Å². The zero-order chi connectivity index (χ0) is 11.0. The molecule has 0 aliphatic rings. The molecule has 4 N–H and O–H groups in total. The second kappa shape index (κ2) is 7.12. The molecule has 0 fully saturated rings. The van der Waals surface area contributed by atoms with Crippen molar-refractivity contribution in [2.24, 2.45) is 11.5 Å². The molecule has 0 aromatic carbocycles. The maximum atomic E-state index is 13.5. The lowest BCUT2D eigenvalue weighted by atomic mass is 10.00. The Morgan fingerprint density at radius 2 is 1.79 bits per heavy atom. The third-order valence-corrected chi connectivity index (χ3v) is 2.14. The van der Waals surface area contributed by atoms with Crippen LogP contribution < -0.4 is 11.5 Å². The van der Waals surface area contributed by atoms with E-state index in [-0.39, 0.29) is 19.1 Å². The van der Waals surface area contributed by atoms with E-state index in [1.54, 1.807) is 6.92 Å². The van der Waals surface area contributed by atoms with E-state index in [4.69, 9.17) is 11.5 Å². The van der Waals surface area contributed by atoms with Crippen molar-refractivity contribution < 1.29 is 8.78 Å². The molecule has 0 saturated carbocycles. The fourth-order valence-corrected chi connectivity index (χ4v) is 1.50. The minimum Gasteiger partial charge on any atom is -0.328 e. The van der Waals surface area contributed by atoms with Gasteiger partial charge in [-0.3, -0.25) is 10.1 Å². The molecule has 0 aromatic rings. The second-order valence-corrected chi connectivity index (χ2v) is 4.07. The molecule has 0 spiro atoms. The molecule has 0 saturated heterocycles. The molecular weight excluding hydrogens is 186 g/mol. The van der Waals surface area contributed by atoms with Crippen LogP contribution in [0, 0.1) is 0 Å². The molecule has 0 aromatic heterocycles. The van der Waals surface area contributed by atoms with Crippen molar-refractivity contribution in [1.82, 2.24) is 0 Å². The van der Waals surface area contributed by atoms with Gasteiger partial charge in [0.2, 0.25) is 0 Å². The summed E-state index contributed by atoms with van der Waals surface area (Å²) in [6, 6.07) is -0.212. The van der Waals surface area contributed by atoms with Crippen molar-refractivity contribution in [2.75, 3.05) is 6.67 Å². The number of unbranched alkanes of at least 4 members (excludes halogenated alkanes) is 3. The summed E-state index contributed by atoms with van der Waals surface area (Å²) >= 11 is 0. The van der Waals surface area contributed by atoms with E-state index in [9.17, 15) is 8.78 Å². The maximum Gasteiger partial charge on any atom is 0.160 e. The molecule has 0 bridgehead atoms. The van der Waals surface area contributed by atoms with Gasteiger partial charge in [-0.1, -0.05) is 12.8 Å². The number of nitrogens with two attached hydrogens (primary N) is 2. The molecule has 0 rings (SSSR count). The van der Waals surface area contributed by atoms with Crippen LogP contribution >= 0.6 is 0 Å². The molecule has 14 heavy (non-hydrogen) atoms. The van der Waals surface area contributed by atoms with Gasteiger partial charge in [-0.05, 0) is 26.2 Å². The fraction of sp³-hybridized carbons (Fsp3) is 1.00. The van der Waals surface area contributed by atoms with Crippen LogP contribution in [0.2, 0.25) is 0 Å². The predicted octanol–water partition coefficient (Wildman–Crippen LogP) is 2.27. The third-order valence-electron chi connectivity index (χ3n) is 2.14. The lowest BCUT2D eigenvalue weighted by Gasteiger charge is -2.22. The molecule has 0 aliphatic carbocycles. The Hall–Kier alpha value is -0.220. The van der Waals surface area contributed by atoms with Gasteiger partial charge in [0.15, 0.2) is 5.79 Å².